The Bertz CT molecular complexity index is 311. The highest BCUT2D eigenvalue weighted by molar-refractivity contribution is 7.98. The smallest absolute Gasteiger partial charge is 0.221 e. The van der Waals surface area contributed by atoms with E-state index in [1.807, 2.05) is 36.0 Å². The van der Waals surface area contributed by atoms with Crippen LogP contribution in [0.2, 0.25) is 0 Å². The predicted octanol–water partition coefficient (Wildman–Crippen LogP) is 2.42. The molecule has 1 aromatic carbocycles. The number of thioether (sulfide) groups is 1. The van der Waals surface area contributed by atoms with Gasteiger partial charge in [0.15, 0.2) is 0 Å². The Kier molecular flexibility index (Phi) is 5.04. The highest BCUT2D eigenvalue weighted by Gasteiger charge is 1.95. The first-order valence-electron chi connectivity index (χ1n) is 4.83. The van der Waals surface area contributed by atoms with E-state index in [-0.39, 0.29) is 5.91 Å². The van der Waals surface area contributed by atoms with Gasteiger partial charge in [0.25, 0.3) is 0 Å². The fourth-order valence-electron chi connectivity index (χ4n) is 1.17. The summed E-state index contributed by atoms with van der Waals surface area (Å²) in [7, 11) is 0. The Labute approximate surface area is 94.6 Å². The molecule has 0 unspecified atom stereocenters. The Hall–Kier alpha value is -1.16. The van der Waals surface area contributed by atoms with Crippen LogP contribution in [0.25, 0.3) is 0 Å². The van der Waals surface area contributed by atoms with Gasteiger partial charge in [0.2, 0.25) is 5.91 Å². The van der Waals surface area contributed by atoms with E-state index >= 15 is 0 Å². The van der Waals surface area contributed by atoms with Crippen molar-refractivity contribution in [2.24, 2.45) is 0 Å². The average Bonchev–Trinajstić information content (AvgIpc) is 2.20. The molecule has 0 heterocycles. The van der Waals surface area contributed by atoms with E-state index in [2.05, 4.69) is 16.9 Å². The fourth-order valence-corrected chi connectivity index (χ4v) is 1.48. The van der Waals surface area contributed by atoms with E-state index in [9.17, 15) is 4.79 Å². The summed E-state index contributed by atoms with van der Waals surface area (Å²) in [5, 5.41) is 6.02. The van der Waals surface area contributed by atoms with Crippen molar-refractivity contribution in [1.82, 2.24) is 0 Å². The minimum absolute atomic E-state index is 0.0434. The van der Waals surface area contributed by atoms with Gasteiger partial charge in [-0.3, -0.25) is 4.79 Å². The third-order valence-corrected chi connectivity index (χ3v) is 2.45. The molecule has 15 heavy (non-hydrogen) atoms. The van der Waals surface area contributed by atoms with Gasteiger partial charge in [-0.25, -0.2) is 0 Å². The minimum atomic E-state index is -0.0434. The Morgan fingerprint density at radius 2 is 1.87 bits per heavy atom. The molecular weight excluding hydrogens is 208 g/mol. The molecule has 0 bridgehead atoms. The number of anilines is 2. The number of hydrogen-bond donors (Lipinski definition) is 2. The maximum atomic E-state index is 10.8. The van der Waals surface area contributed by atoms with Crippen LogP contribution in [0, 0.1) is 0 Å². The molecule has 1 amide bonds. The molecule has 3 nitrogen and oxygen atoms in total. The molecule has 0 radical (unpaired) electrons. The van der Waals surface area contributed by atoms with Crippen LogP contribution in [-0.2, 0) is 4.79 Å². The molecule has 1 aromatic rings. The quantitative estimate of drug-likeness (QED) is 0.755. The Morgan fingerprint density at radius 3 is 2.40 bits per heavy atom. The van der Waals surface area contributed by atoms with Gasteiger partial charge in [-0.2, -0.15) is 11.8 Å². The van der Waals surface area contributed by atoms with Crippen LogP contribution in [-0.4, -0.2) is 24.5 Å². The number of benzene rings is 1. The van der Waals surface area contributed by atoms with Crippen molar-refractivity contribution in [3.8, 4) is 0 Å². The largest absolute Gasteiger partial charge is 0.384 e. The lowest BCUT2D eigenvalue weighted by Crippen LogP contribution is -2.06. The van der Waals surface area contributed by atoms with E-state index in [0.717, 1.165) is 23.7 Å². The van der Waals surface area contributed by atoms with Crippen LogP contribution in [0.3, 0.4) is 0 Å². The first kappa shape index (κ1) is 11.9. The van der Waals surface area contributed by atoms with Crippen molar-refractivity contribution in [3.63, 3.8) is 0 Å². The second kappa shape index (κ2) is 6.35. The second-order valence-corrected chi connectivity index (χ2v) is 4.16. The first-order chi connectivity index (χ1) is 7.22. The summed E-state index contributed by atoms with van der Waals surface area (Å²) < 4.78 is 0. The SMILES string of the molecule is CSCCNc1ccc(NC(C)=O)cc1. The number of carbonyl (C=O) groups is 1. The molecule has 0 aliphatic carbocycles. The van der Waals surface area contributed by atoms with Gasteiger partial charge in [0.1, 0.15) is 0 Å². The molecule has 0 aromatic heterocycles. The standard InChI is InChI=1S/C11H16N2OS/c1-9(14)13-11-5-3-10(4-6-11)12-7-8-15-2/h3-6,12H,7-8H2,1-2H3,(H,13,14). The summed E-state index contributed by atoms with van der Waals surface area (Å²) in [6, 6.07) is 7.71. The van der Waals surface area contributed by atoms with Crippen LogP contribution in [0.5, 0.6) is 0 Å². The van der Waals surface area contributed by atoms with Crippen molar-refractivity contribution in [3.05, 3.63) is 24.3 Å². The molecule has 0 fully saturated rings. The summed E-state index contributed by atoms with van der Waals surface area (Å²) in [5.41, 5.74) is 1.91. The molecule has 0 atom stereocenters. The summed E-state index contributed by atoms with van der Waals surface area (Å²) in [6.45, 7) is 2.46. The van der Waals surface area contributed by atoms with Gasteiger partial charge in [-0.1, -0.05) is 0 Å². The monoisotopic (exact) mass is 224 g/mol. The lowest BCUT2D eigenvalue weighted by Gasteiger charge is -2.06. The molecular formula is C11H16N2OS. The van der Waals surface area contributed by atoms with Crippen molar-refractivity contribution in [2.75, 3.05) is 29.2 Å². The maximum Gasteiger partial charge on any atom is 0.221 e. The van der Waals surface area contributed by atoms with Gasteiger partial charge in [-0.15, -0.1) is 0 Å². The highest BCUT2D eigenvalue weighted by atomic mass is 32.2. The predicted molar refractivity (Wildman–Crippen MR) is 67.6 cm³/mol. The Balaban J connectivity index is 2.45. The molecule has 1 rings (SSSR count). The number of carbonyl (C=O) groups excluding carboxylic acids is 1. The van der Waals surface area contributed by atoms with Gasteiger partial charge in [0.05, 0.1) is 0 Å². The van der Waals surface area contributed by atoms with Crippen molar-refractivity contribution >= 4 is 29.0 Å². The fraction of sp³-hybridized carbons (Fsp3) is 0.364. The zero-order chi connectivity index (χ0) is 11.1. The van der Waals surface area contributed by atoms with E-state index in [1.165, 1.54) is 6.92 Å². The lowest BCUT2D eigenvalue weighted by molar-refractivity contribution is -0.114. The van der Waals surface area contributed by atoms with Crippen LogP contribution >= 0.6 is 11.8 Å². The van der Waals surface area contributed by atoms with Crippen LogP contribution < -0.4 is 10.6 Å². The van der Waals surface area contributed by atoms with Crippen molar-refractivity contribution in [2.45, 2.75) is 6.92 Å². The van der Waals surface area contributed by atoms with Gasteiger partial charge < -0.3 is 10.6 Å². The molecule has 0 aliphatic rings. The van der Waals surface area contributed by atoms with Gasteiger partial charge in [-0.05, 0) is 30.5 Å². The summed E-state index contributed by atoms with van der Waals surface area (Å²) in [5.74, 6) is 1.05. The maximum absolute atomic E-state index is 10.8. The molecule has 4 heteroatoms. The topological polar surface area (TPSA) is 41.1 Å². The summed E-state index contributed by atoms with van der Waals surface area (Å²) in [6.07, 6.45) is 2.08. The zero-order valence-corrected chi connectivity index (χ0v) is 9.86. The van der Waals surface area contributed by atoms with Gasteiger partial charge >= 0.3 is 0 Å². The number of hydrogen-bond acceptors (Lipinski definition) is 3. The third-order valence-electron chi connectivity index (χ3n) is 1.84. The van der Waals surface area contributed by atoms with E-state index in [1.54, 1.807) is 0 Å². The summed E-state index contributed by atoms with van der Waals surface area (Å²) in [4.78, 5) is 10.8. The molecule has 0 saturated carbocycles. The molecule has 0 aliphatic heterocycles. The second-order valence-electron chi connectivity index (χ2n) is 3.18. The van der Waals surface area contributed by atoms with Gasteiger partial charge in [0, 0.05) is 30.6 Å². The summed E-state index contributed by atoms with van der Waals surface area (Å²) >= 11 is 1.81. The van der Waals surface area contributed by atoms with Crippen LogP contribution in [0.15, 0.2) is 24.3 Å². The zero-order valence-electron chi connectivity index (χ0n) is 9.04. The molecule has 2 N–H and O–H groups in total. The average molecular weight is 224 g/mol. The highest BCUT2D eigenvalue weighted by Crippen LogP contribution is 2.13. The number of amides is 1. The Morgan fingerprint density at radius 1 is 1.27 bits per heavy atom. The van der Waals surface area contributed by atoms with Crippen molar-refractivity contribution in [1.29, 1.82) is 0 Å². The molecule has 0 saturated heterocycles. The van der Waals surface area contributed by atoms with Crippen LogP contribution in [0.4, 0.5) is 11.4 Å². The lowest BCUT2D eigenvalue weighted by atomic mass is 10.3. The van der Waals surface area contributed by atoms with E-state index < -0.39 is 0 Å². The van der Waals surface area contributed by atoms with Crippen LogP contribution in [0.1, 0.15) is 6.92 Å². The normalized spacial score (nSPS) is 9.73. The first-order valence-corrected chi connectivity index (χ1v) is 6.22. The molecule has 0 spiro atoms. The van der Waals surface area contributed by atoms with E-state index in [4.69, 9.17) is 0 Å². The van der Waals surface area contributed by atoms with Crippen molar-refractivity contribution < 1.29 is 4.79 Å². The van der Waals surface area contributed by atoms with E-state index in [0.29, 0.717) is 0 Å². The number of nitrogens with one attached hydrogen (secondary N) is 2. The number of rotatable bonds is 5. The minimum Gasteiger partial charge on any atom is -0.384 e. The third kappa shape index (κ3) is 4.74. The molecule has 82 valence electrons.